The van der Waals surface area contributed by atoms with Crippen LogP contribution in [0.25, 0.3) is 5.69 Å². The van der Waals surface area contributed by atoms with Crippen LogP contribution in [0.2, 0.25) is 0 Å². The van der Waals surface area contributed by atoms with Crippen molar-refractivity contribution in [2.24, 2.45) is 0 Å². The zero-order chi connectivity index (χ0) is 19.6. The normalized spacial score (nSPS) is 12.6. The molecule has 3 aromatic rings. The smallest absolute Gasteiger partial charge is 0.335 e. The largest absolute Gasteiger partial charge is 0.433 e. The van der Waals surface area contributed by atoms with Crippen molar-refractivity contribution in [3.8, 4) is 5.69 Å². The highest BCUT2D eigenvalue weighted by Crippen LogP contribution is 2.28. The Labute approximate surface area is 153 Å². The summed E-state index contributed by atoms with van der Waals surface area (Å²) in [5.41, 5.74) is 0.758. The fourth-order valence-electron chi connectivity index (χ4n) is 2.54. The van der Waals surface area contributed by atoms with E-state index >= 15 is 0 Å². The van der Waals surface area contributed by atoms with Gasteiger partial charge in [-0.25, -0.2) is 9.67 Å². The van der Waals surface area contributed by atoms with Crippen LogP contribution in [-0.4, -0.2) is 37.6 Å². The average molecular weight is 375 g/mol. The van der Waals surface area contributed by atoms with Gasteiger partial charge in [0.1, 0.15) is 18.3 Å². The molecule has 2 aromatic heterocycles. The predicted octanol–water partition coefficient (Wildman–Crippen LogP) is 3.51. The van der Waals surface area contributed by atoms with Gasteiger partial charge in [-0.1, -0.05) is 12.1 Å². The summed E-state index contributed by atoms with van der Waals surface area (Å²) in [4.78, 5) is 21.2. The van der Waals surface area contributed by atoms with Crippen LogP contribution < -0.4 is 0 Å². The molecule has 27 heavy (non-hydrogen) atoms. The number of nitrogens with zero attached hydrogens (tertiary/aromatic N) is 5. The fraction of sp³-hybridized carbons (Fsp3) is 0.222. The molecule has 1 atom stereocenters. The summed E-state index contributed by atoms with van der Waals surface area (Å²) >= 11 is 0. The minimum absolute atomic E-state index is 0.0941. The van der Waals surface area contributed by atoms with Crippen molar-refractivity contribution in [2.45, 2.75) is 19.1 Å². The quantitative estimate of drug-likeness (QED) is 0.700. The van der Waals surface area contributed by atoms with Crippen LogP contribution in [0.15, 0.2) is 55.2 Å². The summed E-state index contributed by atoms with van der Waals surface area (Å²) in [6.07, 6.45) is -0.582. The first-order valence-electron chi connectivity index (χ1n) is 8.03. The molecule has 0 aliphatic carbocycles. The monoisotopic (exact) mass is 375 g/mol. The van der Waals surface area contributed by atoms with E-state index in [0.717, 1.165) is 29.6 Å². The molecule has 0 saturated carbocycles. The lowest BCUT2D eigenvalue weighted by Gasteiger charge is -2.25. The molecular weight excluding hydrogens is 359 g/mol. The van der Waals surface area contributed by atoms with Crippen molar-refractivity contribution in [1.82, 2.24) is 24.6 Å². The lowest BCUT2D eigenvalue weighted by atomic mass is 10.1. The average Bonchev–Trinajstić information content (AvgIpc) is 3.20. The van der Waals surface area contributed by atoms with Gasteiger partial charge >= 0.3 is 6.18 Å². The highest BCUT2D eigenvalue weighted by molar-refractivity contribution is 5.94. The Bertz CT molecular complexity index is 906. The van der Waals surface area contributed by atoms with E-state index in [1.807, 2.05) is 31.2 Å². The number of halogens is 3. The number of rotatable bonds is 4. The third-order valence-electron chi connectivity index (χ3n) is 4.26. The van der Waals surface area contributed by atoms with Gasteiger partial charge in [0.25, 0.3) is 5.91 Å². The van der Waals surface area contributed by atoms with E-state index < -0.39 is 17.8 Å². The van der Waals surface area contributed by atoms with Gasteiger partial charge in [-0.05, 0) is 36.8 Å². The SMILES string of the molecule is C[C@@H](c1ccc(-n2cncn2)cc1)N(C)C(=O)c1ccc(C(F)(F)F)nc1. The van der Waals surface area contributed by atoms with Crippen molar-refractivity contribution in [2.75, 3.05) is 7.05 Å². The number of hydrogen-bond acceptors (Lipinski definition) is 4. The molecule has 0 radical (unpaired) electrons. The first kappa shape index (κ1) is 18.6. The topological polar surface area (TPSA) is 63.9 Å². The summed E-state index contributed by atoms with van der Waals surface area (Å²) in [5.74, 6) is -0.413. The number of benzene rings is 1. The molecule has 0 saturated heterocycles. The maximum absolute atomic E-state index is 12.6. The highest BCUT2D eigenvalue weighted by atomic mass is 19.4. The van der Waals surface area contributed by atoms with Crippen LogP contribution in [0.1, 0.15) is 34.6 Å². The Kier molecular flexibility index (Phi) is 4.93. The Hall–Kier alpha value is -3.23. The molecule has 140 valence electrons. The van der Waals surface area contributed by atoms with Crippen molar-refractivity contribution in [1.29, 1.82) is 0 Å². The molecule has 0 aliphatic heterocycles. The standard InChI is InChI=1S/C18H16F3N5O/c1-12(13-3-6-15(7-4-13)26-11-22-10-24-26)25(2)17(27)14-5-8-16(23-9-14)18(19,20)21/h3-12H,1-2H3/t12-/m0/s1. The minimum atomic E-state index is -4.54. The Morgan fingerprint density at radius 3 is 2.37 bits per heavy atom. The molecule has 0 unspecified atom stereocenters. The molecule has 9 heteroatoms. The minimum Gasteiger partial charge on any atom is -0.335 e. The summed E-state index contributed by atoms with van der Waals surface area (Å²) < 4.78 is 39.4. The second-order valence-electron chi connectivity index (χ2n) is 5.95. The van der Waals surface area contributed by atoms with Gasteiger partial charge in [0.15, 0.2) is 0 Å². The number of carbonyl (C=O) groups excluding carboxylic acids is 1. The van der Waals surface area contributed by atoms with Crippen LogP contribution in [0.5, 0.6) is 0 Å². The third kappa shape index (κ3) is 3.97. The third-order valence-corrected chi connectivity index (χ3v) is 4.26. The van der Waals surface area contributed by atoms with Gasteiger partial charge in [0, 0.05) is 13.2 Å². The van der Waals surface area contributed by atoms with E-state index in [1.54, 1.807) is 18.1 Å². The van der Waals surface area contributed by atoms with Gasteiger partial charge in [0.2, 0.25) is 0 Å². The van der Waals surface area contributed by atoms with Crippen molar-refractivity contribution < 1.29 is 18.0 Å². The number of aromatic nitrogens is 4. The number of amides is 1. The summed E-state index contributed by atoms with van der Waals surface area (Å²) in [6, 6.07) is 9.06. The second kappa shape index (κ2) is 7.18. The van der Waals surface area contributed by atoms with Crippen molar-refractivity contribution in [3.63, 3.8) is 0 Å². The molecule has 1 aromatic carbocycles. The maximum atomic E-state index is 12.6. The molecule has 0 fully saturated rings. The van der Waals surface area contributed by atoms with Gasteiger partial charge in [-0.15, -0.1) is 0 Å². The van der Waals surface area contributed by atoms with Crippen LogP contribution in [0.3, 0.4) is 0 Å². The van der Waals surface area contributed by atoms with E-state index in [9.17, 15) is 18.0 Å². The van der Waals surface area contributed by atoms with Gasteiger partial charge in [-0.2, -0.15) is 18.3 Å². The molecule has 6 nitrogen and oxygen atoms in total. The number of hydrogen-bond donors (Lipinski definition) is 0. The predicted molar refractivity (Wildman–Crippen MR) is 91.1 cm³/mol. The van der Waals surface area contributed by atoms with Crippen molar-refractivity contribution in [3.05, 3.63) is 72.1 Å². The highest BCUT2D eigenvalue weighted by Gasteiger charge is 2.32. The van der Waals surface area contributed by atoms with Crippen molar-refractivity contribution >= 4 is 5.91 Å². The number of alkyl halides is 3. The second-order valence-corrected chi connectivity index (χ2v) is 5.95. The number of carbonyl (C=O) groups is 1. The van der Waals surface area contributed by atoms with Crippen LogP contribution in [0.4, 0.5) is 13.2 Å². The molecule has 1 amide bonds. The molecule has 0 spiro atoms. The lowest BCUT2D eigenvalue weighted by molar-refractivity contribution is -0.141. The van der Waals surface area contributed by atoms with Crippen LogP contribution >= 0.6 is 0 Å². The maximum Gasteiger partial charge on any atom is 0.433 e. The van der Waals surface area contributed by atoms with E-state index in [0.29, 0.717) is 0 Å². The molecule has 0 bridgehead atoms. The molecule has 2 heterocycles. The summed E-state index contributed by atoms with van der Waals surface area (Å²) in [6.45, 7) is 1.83. The van der Waals surface area contributed by atoms with Crippen LogP contribution in [-0.2, 0) is 6.18 Å². The zero-order valence-corrected chi connectivity index (χ0v) is 14.6. The molecule has 0 aliphatic rings. The molecule has 0 N–H and O–H groups in total. The number of pyridine rings is 1. The molecule has 3 rings (SSSR count). The van der Waals surface area contributed by atoms with Gasteiger partial charge in [-0.3, -0.25) is 9.78 Å². The lowest BCUT2D eigenvalue weighted by Crippen LogP contribution is -2.29. The van der Waals surface area contributed by atoms with E-state index in [-0.39, 0.29) is 11.6 Å². The van der Waals surface area contributed by atoms with E-state index in [4.69, 9.17) is 0 Å². The first-order valence-corrected chi connectivity index (χ1v) is 8.03. The summed E-state index contributed by atoms with van der Waals surface area (Å²) in [5, 5.41) is 4.04. The first-order chi connectivity index (χ1) is 12.8. The van der Waals surface area contributed by atoms with Gasteiger partial charge in [0.05, 0.1) is 17.3 Å². The fourth-order valence-corrected chi connectivity index (χ4v) is 2.54. The zero-order valence-electron chi connectivity index (χ0n) is 14.6. The van der Waals surface area contributed by atoms with E-state index in [1.165, 1.54) is 11.2 Å². The van der Waals surface area contributed by atoms with E-state index in [2.05, 4.69) is 15.1 Å². The molecular formula is C18H16F3N5O. The Morgan fingerprint density at radius 2 is 1.85 bits per heavy atom. The van der Waals surface area contributed by atoms with Crippen LogP contribution in [0, 0.1) is 0 Å². The Balaban J connectivity index is 1.74. The van der Waals surface area contributed by atoms with Gasteiger partial charge < -0.3 is 4.90 Å². The Morgan fingerprint density at radius 1 is 1.15 bits per heavy atom. The summed E-state index contributed by atoms with van der Waals surface area (Å²) in [7, 11) is 1.59.